The number of benzene rings is 1. The van der Waals surface area contributed by atoms with Crippen molar-refractivity contribution in [2.24, 2.45) is 5.73 Å². The van der Waals surface area contributed by atoms with Crippen LogP contribution in [-0.2, 0) is 32.6 Å². The van der Waals surface area contributed by atoms with E-state index in [2.05, 4.69) is 10.00 Å². The lowest BCUT2D eigenvalue weighted by molar-refractivity contribution is -0.104. The Morgan fingerprint density at radius 3 is 2.55 bits per heavy atom. The Hall–Kier alpha value is -1.99. The molecule has 3 aliphatic rings. The Morgan fingerprint density at radius 1 is 1.16 bits per heavy atom. The maximum atomic E-state index is 14.2. The maximum absolute atomic E-state index is 14.2. The van der Waals surface area contributed by atoms with Gasteiger partial charge in [-0.1, -0.05) is 0 Å². The van der Waals surface area contributed by atoms with Gasteiger partial charge in [-0.25, -0.2) is 21.6 Å². The fourth-order valence-electron chi connectivity index (χ4n) is 4.37. The van der Waals surface area contributed by atoms with Crippen LogP contribution in [0.2, 0.25) is 0 Å². The minimum Gasteiger partial charge on any atom is -0.367 e. The topological polar surface area (TPSA) is 103 Å². The molecule has 4 heterocycles. The number of fused-ring (bicyclic) bond motifs is 1. The van der Waals surface area contributed by atoms with Crippen molar-refractivity contribution in [3.8, 4) is 0 Å². The molecule has 8 nitrogen and oxygen atoms in total. The highest BCUT2D eigenvalue weighted by atomic mass is 32.2. The Labute approximate surface area is 176 Å². The molecule has 1 aromatic heterocycles. The van der Waals surface area contributed by atoms with E-state index in [-0.39, 0.29) is 24.3 Å². The van der Waals surface area contributed by atoms with Gasteiger partial charge in [0.2, 0.25) is 5.44 Å². The molecule has 0 aliphatic carbocycles. The van der Waals surface area contributed by atoms with Gasteiger partial charge in [0.25, 0.3) is 10.0 Å². The summed E-state index contributed by atoms with van der Waals surface area (Å²) in [6.45, 7) is 2.87. The van der Waals surface area contributed by atoms with E-state index in [9.17, 15) is 21.6 Å². The Morgan fingerprint density at radius 2 is 1.87 bits per heavy atom. The van der Waals surface area contributed by atoms with Gasteiger partial charge in [0.05, 0.1) is 18.4 Å². The van der Waals surface area contributed by atoms with Gasteiger partial charge in [-0.3, -0.25) is 4.90 Å². The van der Waals surface area contributed by atoms with E-state index in [0.717, 1.165) is 15.7 Å². The molecule has 0 spiro atoms. The van der Waals surface area contributed by atoms with Crippen LogP contribution in [0.1, 0.15) is 36.3 Å². The quantitative estimate of drug-likeness (QED) is 0.546. The minimum atomic E-state index is -3.63. The standard InChI is InChI=1S/C19H21F3N4O4S/c1-9-17(4-15(23)19(30-9)11-2-13(21)14(22)3-12(11)20)25-5-10-6-26(24-16(10)7-25)31(27,28)18-8-29-18/h2-3,6,9,15,17-19H,4-5,7-8,23H2,1H3/t9-,15-,17+,18?,19+/m0/s1. The highest BCUT2D eigenvalue weighted by Gasteiger charge is 2.43. The van der Waals surface area contributed by atoms with Crippen LogP contribution in [0.25, 0.3) is 0 Å². The predicted octanol–water partition coefficient (Wildman–Crippen LogP) is 1.40. The highest BCUT2D eigenvalue weighted by Crippen LogP contribution is 2.37. The second kappa shape index (κ2) is 7.27. The van der Waals surface area contributed by atoms with E-state index in [1.807, 2.05) is 6.92 Å². The van der Waals surface area contributed by atoms with Gasteiger partial charge in [-0.2, -0.15) is 9.19 Å². The number of nitrogens with zero attached hydrogens (tertiary/aromatic N) is 3. The normalized spacial score (nSPS) is 31.1. The van der Waals surface area contributed by atoms with Gasteiger partial charge in [-0.05, 0) is 19.4 Å². The molecule has 2 saturated heterocycles. The summed E-state index contributed by atoms with van der Waals surface area (Å²) < 4.78 is 77.5. The molecule has 3 aliphatic heterocycles. The Kier molecular flexibility index (Phi) is 4.90. The summed E-state index contributed by atoms with van der Waals surface area (Å²) in [6, 6.07) is 0.517. The van der Waals surface area contributed by atoms with E-state index >= 15 is 0 Å². The molecule has 0 saturated carbocycles. The molecule has 31 heavy (non-hydrogen) atoms. The molecule has 2 N–H and O–H groups in total. The number of nitrogens with two attached hydrogens (primary N) is 1. The lowest BCUT2D eigenvalue weighted by Crippen LogP contribution is -2.52. The number of rotatable bonds is 4. The van der Waals surface area contributed by atoms with Crippen molar-refractivity contribution in [1.29, 1.82) is 0 Å². The molecule has 0 bridgehead atoms. The van der Waals surface area contributed by atoms with Gasteiger partial charge in [0, 0.05) is 48.6 Å². The average Bonchev–Trinajstić information content (AvgIpc) is 3.38. The Bertz CT molecular complexity index is 1110. The van der Waals surface area contributed by atoms with Crippen LogP contribution < -0.4 is 5.73 Å². The van der Waals surface area contributed by atoms with Crippen LogP contribution >= 0.6 is 0 Å². The zero-order chi connectivity index (χ0) is 22.1. The molecule has 168 valence electrons. The third kappa shape index (κ3) is 3.55. The first-order chi connectivity index (χ1) is 14.6. The maximum Gasteiger partial charge on any atom is 0.283 e. The van der Waals surface area contributed by atoms with Crippen LogP contribution in [0.3, 0.4) is 0 Å². The minimum absolute atomic E-state index is 0.106. The first-order valence-electron chi connectivity index (χ1n) is 9.88. The SMILES string of the molecule is C[C@@H]1O[C@H](c2cc(F)c(F)cc2F)[C@@H](N)C[C@H]1N1Cc2cn(S(=O)(=O)C3CO3)nc2C1. The largest absolute Gasteiger partial charge is 0.367 e. The lowest BCUT2D eigenvalue weighted by Gasteiger charge is -2.43. The van der Waals surface area contributed by atoms with Gasteiger partial charge >= 0.3 is 0 Å². The highest BCUT2D eigenvalue weighted by molar-refractivity contribution is 7.90. The van der Waals surface area contributed by atoms with E-state index in [1.165, 1.54) is 6.20 Å². The number of hydrogen-bond acceptors (Lipinski definition) is 7. The Balaban J connectivity index is 1.30. The van der Waals surface area contributed by atoms with Crippen LogP contribution in [0.4, 0.5) is 13.2 Å². The van der Waals surface area contributed by atoms with E-state index < -0.39 is 45.1 Å². The van der Waals surface area contributed by atoms with Crippen LogP contribution in [0, 0.1) is 17.5 Å². The fourth-order valence-corrected chi connectivity index (χ4v) is 5.52. The van der Waals surface area contributed by atoms with Gasteiger partial charge in [-0.15, -0.1) is 0 Å². The molecular weight excluding hydrogens is 437 g/mol. The van der Waals surface area contributed by atoms with Crippen LogP contribution in [0.15, 0.2) is 18.3 Å². The van der Waals surface area contributed by atoms with E-state index in [1.54, 1.807) is 0 Å². The second-order valence-electron chi connectivity index (χ2n) is 8.20. The third-order valence-corrected chi connectivity index (χ3v) is 7.74. The fraction of sp³-hybridized carbons (Fsp3) is 0.526. The number of hydrogen-bond donors (Lipinski definition) is 1. The smallest absolute Gasteiger partial charge is 0.283 e. The molecule has 1 aromatic carbocycles. The van der Waals surface area contributed by atoms with Crippen molar-refractivity contribution in [3.05, 3.63) is 52.6 Å². The molecule has 5 atom stereocenters. The number of aromatic nitrogens is 2. The summed E-state index contributed by atoms with van der Waals surface area (Å²) in [5, 5.41) is 4.21. The van der Waals surface area contributed by atoms with Crippen molar-refractivity contribution in [1.82, 2.24) is 14.1 Å². The van der Waals surface area contributed by atoms with Crippen LogP contribution in [0.5, 0.6) is 0 Å². The molecule has 12 heteroatoms. The third-order valence-electron chi connectivity index (χ3n) is 6.10. The molecule has 5 rings (SSSR count). The summed E-state index contributed by atoms with van der Waals surface area (Å²) in [6.07, 6.45) is 0.652. The molecule has 0 amide bonds. The van der Waals surface area contributed by atoms with E-state index in [0.29, 0.717) is 31.3 Å². The van der Waals surface area contributed by atoms with Crippen molar-refractivity contribution < 1.29 is 31.1 Å². The van der Waals surface area contributed by atoms with Gasteiger partial charge in [0.15, 0.2) is 11.6 Å². The van der Waals surface area contributed by atoms with Crippen molar-refractivity contribution in [2.45, 2.75) is 56.2 Å². The molecule has 1 unspecified atom stereocenters. The number of ether oxygens (including phenoxy) is 2. The monoisotopic (exact) mass is 458 g/mol. The number of halogens is 3. The molecule has 2 fully saturated rings. The summed E-state index contributed by atoms with van der Waals surface area (Å²) in [5.41, 5.74) is 6.75. The van der Waals surface area contributed by atoms with E-state index in [4.69, 9.17) is 15.2 Å². The lowest BCUT2D eigenvalue weighted by atomic mass is 9.90. The number of epoxide rings is 1. The van der Waals surface area contributed by atoms with Crippen molar-refractivity contribution in [3.63, 3.8) is 0 Å². The summed E-state index contributed by atoms with van der Waals surface area (Å²) in [7, 11) is -3.63. The molecule has 2 aromatic rings. The zero-order valence-corrected chi connectivity index (χ0v) is 17.4. The summed E-state index contributed by atoms with van der Waals surface area (Å²) in [4.78, 5) is 2.07. The van der Waals surface area contributed by atoms with Gasteiger partial charge < -0.3 is 15.2 Å². The predicted molar refractivity (Wildman–Crippen MR) is 102 cm³/mol. The van der Waals surface area contributed by atoms with Gasteiger partial charge in [0.1, 0.15) is 11.9 Å². The van der Waals surface area contributed by atoms with Crippen LogP contribution in [-0.4, -0.2) is 52.7 Å². The summed E-state index contributed by atoms with van der Waals surface area (Å²) in [5.74, 6) is -3.32. The second-order valence-corrected chi connectivity index (χ2v) is 10.1. The molecular formula is C19H21F3N4O4S. The first kappa shape index (κ1) is 20.9. The van der Waals surface area contributed by atoms with Crippen molar-refractivity contribution in [2.75, 3.05) is 6.61 Å². The zero-order valence-electron chi connectivity index (χ0n) is 16.5. The summed E-state index contributed by atoms with van der Waals surface area (Å²) >= 11 is 0. The average molecular weight is 458 g/mol. The van der Waals surface area contributed by atoms with Crippen molar-refractivity contribution >= 4 is 10.0 Å². The molecule has 0 radical (unpaired) electrons. The first-order valence-corrected chi connectivity index (χ1v) is 11.4.